The fourth-order valence-corrected chi connectivity index (χ4v) is 6.48. The van der Waals surface area contributed by atoms with Crippen LogP contribution in [-0.2, 0) is 0 Å². The van der Waals surface area contributed by atoms with Gasteiger partial charge in [-0.25, -0.2) is 4.98 Å². The smallest absolute Gasteiger partial charge is 0.259 e. The molecule has 0 saturated heterocycles. The summed E-state index contributed by atoms with van der Waals surface area (Å²) >= 11 is 1.73. The van der Waals surface area contributed by atoms with Crippen molar-refractivity contribution in [3.8, 4) is 5.75 Å². The van der Waals surface area contributed by atoms with Gasteiger partial charge in [0.1, 0.15) is 16.8 Å². The molecule has 0 spiro atoms. The van der Waals surface area contributed by atoms with Gasteiger partial charge >= 0.3 is 0 Å². The van der Waals surface area contributed by atoms with Crippen molar-refractivity contribution >= 4 is 48.9 Å². The minimum atomic E-state index is 0. The molecule has 0 radical (unpaired) electrons. The number of anilines is 2. The van der Waals surface area contributed by atoms with Crippen molar-refractivity contribution < 1.29 is 26.5 Å². The fourth-order valence-electron chi connectivity index (χ4n) is 5.45. The summed E-state index contributed by atoms with van der Waals surface area (Å²) in [4.78, 5) is 20.3. The van der Waals surface area contributed by atoms with E-state index >= 15 is 0 Å². The van der Waals surface area contributed by atoms with E-state index in [1.807, 2.05) is 38.4 Å². The number of Topliss-reactive ketones (excluding diaryl/α,β-unsaturated/α-hetero) is 1. The van der Waals surface area contributed by atoms with Gasteiger partial charge in [0.15, 0.2) is 5.78 Å². The lowest BCUT2D eigenvalue weighted by molar-refractivity contribution is -0.0000172. The highest BCUT2D eigenvalue weighted by Gasteiger charge is 2.17. The Hall–Kier alpha value is -2.77. The van der Waals surface area contributed by atoms with Gasteiger partial charge in [-0.15, -0.1) is 0 Å². The number of carbonyl (C=O) groups is 1. The zero-order valence-corrected chi connectivity index (χ0v) is 29.5. The largest absolute Gasteiger partial charge is 1.00 e. The van der Waals surface area contributed by atoms with Crippen LogP contribution in [0.25, 0.3) is 20.4 Å². The Morgan fingerprint density at radius 3 is 2.14 bits per heavy atom. The van der Waals surface area contributed by atoms with Crippen LogP contribution in [0, 0.1) is 6.92 Å². The van der Waals surface area contributed by atoms with Crippen molar-refractivity contribution in [3.05, 3.63) is 65.7 Å². The highest BCUT2D eigenvalue weighted by atomic mass is 79.9. The predicted octanol–water partition coefficient (Wildman–Crippen LogP) is 7.48. The highest BCUT2D eigenvalue weighted by molar-refractivity contribution is 7.24. The number of aryl methyl sites for hydroxylation is 1. The second-order valence-electron chi connectivity index (χ2n) is 11.9. The zero-order valence-electron chi connectivity index (χ0n) is 27.1. The number of rotatable bonds is 19. The van der Waals surface area contributed by atoms with Crippen molar-refractivity contribution in [2.45, 2.75) is 90.9 Å². The molecule has 0 bridgehead atoms. The number of nitrogens with zero attached hydrogens (tertiary/aromatic N) is 2. The van der Waals surface area contributed by atoms with Gasteiger partial charge in [0.25, 0.3) is 9.40 Å². The van der Waals surface area contributed by atoms with Crippen molar-refractivity contribution in [1.82, 2.24) is 4.98 Å². The number of ketones is 1. The molecule has 0 amide bonds. The molecular weight excluding hydrogens is 630 g/mol. The third-order valence-electron chi connectivity index (χ3n) is 8.11. The summed E-state index contributed by atoms with van der Waals surface area (Å²) in [5.41, 5.74) is 5.79. The van der Waals surface area contributed by atoms with E-state index in [0.717, 1.165) is 43.8 Å². The van der Waals surface area contributed by atoms with Crippen molar-refractivity contribution in [2.75, 3.05) is 37.5 Å². The van der Waals surface area contributed by atoms with E-state index in [0.29, 0.717) is 17.9 Å². The number of unbranched alkanes of at least 4 members (excludes halogenated alkanes) is 11. The van der Waals surface area contributed by atoms with Gasteiger partial charge in [-0.05, 0) is 49.2 Å². The third kappa shape index (κ3) is 10.7. The second kappa shape index (κ2) is 18.9. The molecule has 0 aliphatic carbocycles. The Balaban J connectivity index is 0.00000529. The molecule has 3 aromatic carbocycles. The summed E-state index contributed by atoms with van der Waals surface area (Å²) < 4.78 is 8.33. The predicted molar refractivity (Wildman–Crippen MR) is 186 cm³/mol. The summed E-state index contributed by atoms with van der Waals surface area (Å²) in [6.45, 7) is 5.19. The molecule has 4 rings (SSSR count). The summed E-state index contributed by atoms with van der Waals surface area (Å²) in [6, 6.07) is 18.2. The molecule has 1 N–H and O–H groups in total. The minimum absolute atomic E-state index is 0. The molecule has 0 atom stereocenters. The van der Waals surface area contributed by atoms with Gasteiger partial charge < -0.3 is 31.9 Å². The average Bonchev–Trinajstić information content (AvgIpc) is 3.01. The molecule has 0 aliphatic rings. The van der Waals surface area contributed by atoms with Gasteiger partial charge in [0, 0.05) is 37.6 Å². The zero-order chi connectivity index (χ0) is 30.4. The lowest BCUT2D eigenvalue weighted by Crippen LogP contribution is -3.00. The van der Waals surface area contributed by atoms with Crippen LogP contribution in [-0.4, -0.2) is 38.0 Å². The van der Waals surface area contributed by atoms with Gasteiger partial charge in [-0.3, -0.25) is 4.79 Å². The standard InChI is InChI=1S/C37H50N3O2S.BrH/c1-5-6-7-8-9-10-11-12-13-14-15-18-23-42-35-20-17-16-19-30(35)34(41)27-38-32-26-37-33(24-28(32)2)39-31-22-21-29(40(3)4)25-36(31)43-37;/h16-17,19-22,24-26,38H,5-15,18,23,27H2,1-4H3;1H/q+1;/p-1. The lowest BCUT2D eigenvalue weighted by atomic mass is 10.1. The van der Waals surface area contributed by atoms with E-state index in [1.165, 1.54) is 70.6 Å². The fraction of sp³-hybridized carbons (Fsp3) is 0.486. The number of ether oxygens (including phenoxy) is 1. The molecule has 1 aromatic heterocycles. The van der Waals surface area contributed by atoms with E-state index in [2.05, 4.69) is 54.4 Å². The van der Waals surface area contributed by atoms with Crippen molar-refractivity contribution in [2.24, 2.45) is 0 Å². The normalized spacial score (nSPS) is 11.0. The molecule has 44 heavy (non-hydrogen) atoms. The van der Waals surface area contributed by atoms with E-state index in [-0.39, 0.29) is 29.3 Å². The quantitative estimate of drug-likeness (QED) is 0.0482. The van der Waals surface area contributed by atoms with Gasteiger partial charge in [-0.2, -0.15) is 0 Å². The van der Waals surface area contributed by atoms with Crippen LogP contribution in [0.4, 0.5) is 11.4 Å². The van der Waals surface area contributed by atoms with Crippen molar-refractivity contribution in [3.63, 3.8) is 0 Å². The Morgan fingerprint density at radius 1 is 0.818 bits per heavy atom. The Morgan fingerprint density at radius 2 is 1.45 bits per heavy atom. The number of benzene rings is 3. The molecule has 1 heterocycles. The number of hydrogen-bond donors (Lipinski definition) is 1. The number of halogens is 1. The highest BCUT2D eigenvalue weighted by Crippen LogP contribution is 2.32. The first-order chi connectivity index (χ1) is 21.0. The monoisotopic (exact) mass is 679 g/mol. The van der Waals surface area contributed by atoms with Crippen LogP contribution in [0.1, 0.15) is 99.9 Å². The summed E-state index contributed by atoms with van der Waals surface area (Å²) in [6.07, 6.45) is 15.8. The molecule has 0 saturated carbocycles. The van der Waals surface area contributed by atoms with Crippen LogP contribution in [0.2, 0.25) is 0 Å². The van der Waals surface area contributed by atoms with Crippen molar-refractivity contribution in [1.29, 1.82) is 0 Å². The number of nitrogens with one attached hydrogen (secondary N) is 1. The maximum atomic E-state index is 13.3. The average molecular weight is 681 g/mol. The third-order valence-corrected chi connectivity index (χ3v) is 9.20. The number of carbonyl (C=O) groups excluding carboxylic acids is 1. The molecule has 0 fully saturated rings. The van der Waals surface area contributed by atoms with Gasteiger partial charge in [-0.1, -0.05) is 89.7 Å². The van der Waals surface area contributed by atoms with Crippen LogP contribution < -0.4 is 31.9 Å². The second-order valence-corrected chi connectivity index (χ2v) is 13.0. The summed E-state index contributed by atoms with van der Waals surface area (Å²) in [5.74, 6) is 0.711. The van der Waals surface area contributed by atoms with E-state index < -0.39 is 0 Å². The summed E-state index contributed by atoms with van der Waals surface area (Å²) in [5, 5.41) is 3.39. The first-order valence-corrected chi connectivity index (χ1v) is 17.1. The van der Waals surface area contributed by atoms with E-state index in [9.17, 15) is 4.79 Å². The maximum absolute atomic E-state index is 13.3. The van der Waals surface area contributed by atoms with E-state index in [4.69, 9.17) is 9.72 Å². The molecule has 0 aliphatic heterocycles. The summed E-state index contributed by atoms with van der Waals surface area (Å²) in [7, 11) is 4.09. The van der Waals surface area contributed by atoms with Gasteiger partial charge in [0.2, 0.25) is 11.3 Å². The molecular formula is C37H50BrN3O2S. The van der Waals surface area contributed by atoms with Gasteiger partial charge in [0.05, 0.1) is 18.7 Å². The Kier molecular flexibility index (Phi) is 15.3. The Labute approximate surface area is 279 Å². The lowest BCUT2D eigenvalue weighted by Gasteiger charge is -2.13. The number of aromatic nitrogens is 1. The number of para-hydroxylation sites is 1. The molecule has 5 nitrogen and oxygen atoms in total. The van der Waals surface area contributed by atoms with Crippen LogP contribution in [0.15, 0.2) is 54.6 Å². The first kappa shape index (κ1) is 35.7. The first-order valence-electron chi connectivity index (χ1n) is 16.3. The molecule has 7 heteroatoms. The maximum Gasteiger partial charge on any atom is 0.259 e. The van der Waals surface area contributed by atoms with E-state index in [1.54, 1.807) is 11.3 Å². The number of hydrogen-bond acceptors (Lipinski definition) is 5. The van der Waals surface area contributed by atoms with Crippen LogP contribution in [0.3, 0.4) is 0 Å². The molecule has 4 aromatic rings. The number of fused-ring (bicyclic) bond motifs is 2. The van der Waals surface area contributed by atoms with Crippen LogP contribution >= 0.6 is 11.3 Å². The molecule has 238 valence electrons. The Bertz CT molecular complexity index is 1480. The minimum Gasteiger partial charge on any atom is -1.00 e. The van der Waals surface area contributed by atoms with Crippen LogP contribution in [0.5, 0.6) is 5.75 Å². The topological polar surface area (TPSA) is 54.5 Å². The molecule has 0 unspecified atom stereocenters. The SMILES string of the molecule is CCCCCCCCCCCCCCOc1ccccc1C(=O)CNc1cc2[s+]c3cc(N(C)C)ccc3nc2cc1C.[Br-].